The first-order chi connectivity index (χ1) is 20.3. The Morgan fingerprint density at radius 3 is 2.61 bits per heavy atom. The molecule has 0 atom stereocenters. The normalized spacial score (nSPS) is 18.1. The number of anilines is 1. The number of nitrogens with one attached hydrogen (secondary N) is 1. The molecule has 4 heterocycles. The van der Waals surface area contributed by atoms with E-state index in [1.807, 2.05) is 0 Å². The summed E-state index contributed by atoms with van der Waals surface area (Å²) < 4.78 is 9.16. The second kappa shape index (κ2) is 11.8. The summed E-state index contributed by atoms with van der Waals surface area (Å²) in [7, 11) is 0. The molecule has 0 radical (unpaired) electrons. The molecule has 0 spiro atoms. The Hall–Kier alpha value is -3.39. The smallest absolute Gasteiger partial charge is 0.179 e. The number of benzene rings is 2. The predicted octanol–water partition coefficient (Wildman–Crippen LogP) is 6.63. The number of tetrazole rings is 1. The van der Waals surface area contributed by atoms with Crippen molar-refractivity contribution >= 4 is 16.6 Å². The first-order valence-corrected chi connectivity index (χ1v) is 15.9. The maximum atomic E-state index is 6.72. The molecule has 216 valence electrons. The molecule has 3 aliphatic rings. The van der Waals surface area contributed by atoms with E-state index < -0.39 is 0 Å². The number of rotatable bonds is 8. The van der Waals surface area contributed by atoms with Gasteiger partial charge in [-0.3, -0.25) is 0 Å². The highest BCUT2D eigenvalue weighted by molar-refractivity contribution is 5.92. The van der Waals surface area contributed by atoms with Gasteiger partial charge >= 0.3 is 0 Å². The highest BCUT2D eigenvalue weighted by Crippen LogP contribution is 2.46. The standard InChI is InChI=1S/C33H43N7O/c1-2-13-39(17-16-38-14-7-4-8-15-38)31-23-27(24-9-5-3-6-10-24)20-28-30-21-25-11-12-26(33-34-36-37-35-33)22-29(25)40(30)18-19-41-32(28)31/h11-12,20-24H,2-10,13-19H2,1H3,(H,34,35,36,37). The van der Waals surface area contributed by atoms with Crippen LogP contribution in [0.4, 0.5) is 5.69 Å². The lowest BCUT2D eigenvalue weighted by atomic mass is 9.83. The summed E-state index contributed by atoms with van der Waals surface area (Å²) in [5.41, 5.74) is 7.50. The van der Waals surface area contributed by atoms with E-state index in [-0.39, 0.29) is 0 Å². The second-order valence-electron chi connectivity index (χ2n) is 12.2. The first kappa shape index (κ1) is 26.5. The molecule has 1 aliphatic carbocycles. The van der Waals surface area contributed by atoms with Gasteiger partial charge in [0.1, 0.15) is 6.61 Å². The predicted molar refractivity (Wildman–Crippen MR) is 165 cm³/mol. The lowest BCUT2D eigenvalue weighted by molar-refractivity contribution is 0.233. The number of hydrogen-bond donors (Lipinski definition) is 1. The quantitative estimate of drug-likeness (QED) is 0.264. The fourth-order valence-electron chi connectivity index (χ4n) is 7.34. The van der Waals surface area contributed by atoms with Gasteiger partial charge in [0.2, 0.25) is 0 Å². The van der Waals surface area contributed by atoms with Crippen LogP contribution in [0.1, 0.15) is 76.2 Å². The van der Waals surface area contributed by atoms with Crippen LogP contribution in [0.3, 0.4) is 0 Å². The molecule has 2 aromatic heterocycles. The van der Waals surface area contributed by atoms with E-state index in [4.69, 9.17) is 4.74 Å². The van der Waals surface area contributed by atoms with Crippen LogP contribution in [-0.4, -0.2) is 69.4 Å². The Bertz CT molecular complexity index is 1460. The Morgan fingerprint density at radius 1 is 0.951 bits per heavy atom. The van der Waals surface area contributed by atoms with Crippen LogP contribution >= 0.6 is 0 Å². The number of aromatic amines is 1. The summed E-state index contributed by atoms with van der Waals surface area (Å²) in [5, 5.41) is 15.9. The average Bonchev–Trinajstić information content (AvgIpc) is 3.65. The van der Waals surface area contributed by atoms with Crippen molar-refractivity contribution in [3.8, 4) is 28.4 Å². The topological polar surface area (TPSA) is 75.1 Å². The van der Waals surface area contributed by atoms with E-state index in [9.17, 15) is 0 Å². The summed E-state index contributed by atoms with van der Waals surface area (Å²) in [4.78, 5) is 5.29. The zero-order valence-electron chi connectivity index (χ0n) is 24.4. The maximum Gasteiger partial charge on any atom is 0.179 e. The number of likely N-dealkylation sites (tertiary alicyclic amines) is 1. The minimum Gasteiger partial charge on any atom is -0.489 e. The van der Waals surface area contributed by atoms with Crippen LogP contribution < -0.4 is 9.64 Å². The average molecular weight is 554 g/mol. The monoisotopic (exact) mass is 553 g/mol. The molecule has 1 saturated carbocycles. The molecule has 2 aliphatic heterocycles. The number of H-pyrrole nitrogens is 1. The van der Waals surface area contributed by atoms with Crippen molar-refractivity contribution in [2.24, 2.45) is 0 Å². The van der Waals surface area contributed by atoms with E-state index in [1.54, 1.807) is 0 Å². The minimum absolute atomic E-state index is 0.630. The van der Waals surface area contributed by atoms with E-state index in [0.29, 0.717) is 18.3 Å². The highest BCUT2D eigenvalue weighted by Gasteiger charge is 2.27. The third kappa shape index (κ3) is 5.34. The van der Waals surface area contributed by atoms with E-state index >= 15 is 0 Å². The molecule has 2 aromatic carbocycles. The van der Waals surface area contributed by atoms with Crippen LogP contribution in [-0.2, 0) is 6.54 Å². The van der Waals surface area contributed by atoms with Crippen molar-refractivity contribution in [3.05, 3.63) is 42.0 Å². The number of ether oxygens (including phenoxy) is 1. The Labute approximate surface area is 243 Å². The minimum atomic E-state index is 0.630. The Balaban J connectivity index is 1.33. The fourth-order valence-corrected chi connectivity index (χ4v) is 7.34. The van der Waals surface area contributed by atoms with Gasteiger partial charge in [0.25, 0.3) is 0 Å². The zero-order valence-corrected chi connectivity index (χ0v) is 24.4. The molecule has 41 heavy (non-hydrogen) atoms. The van der Waals surface area contributed by atoms with Crippen LogP contribution in [0.15, 0.2) is 36.4 Å². The van der Waals surface area contributed by atoms with Gasteiger partial charge in [0.05, 0.1) is 17.9 Å². The van der Waals surface area contributed by atoms with Crippen LogP contribution in [0.25, 0.3) is 33.5 Å². The summed E-state index contributed by atoms with van der Waals surface area (Å²) in [6.07, 6.45) is 11.8. The van der Waals surface area contributed by atoms with E-state index in [1.165, 1.54) is 97.9 Å². The lowest BCUT2D eigenvalue weighted by Gasteiger charge is -2.33. The summed E-state index contributed by atoms with van der Waals surface area (Å²) in [6, 6.07) is 13.9. The van der Waals surface area contributed by atoms with Crippen LogP contribution in [0.5, 0.6) is 5.75 Å². The molecule has 0 unspecified atom stereocenters. The molecule has 1 N–H and O–H groups in total. The third-order valence-electron chi connectivity index (χ3n) is 9.50. The van der Waals surface area contributed by atoms with Crippen molar-refractivity contribution in [1.29, 1.82) is 0 Å². The third-order valence-corrected chi connectivity index (χ3v) is 9.50. The summed E-state index contributed by atoms with van der Waals surface area (Å²) >= 11 is 0. The highest BCUT2D eigenvalue weighted by atomic mass is 16.5. The van der Waals surface area contributed by atoms with Gasteiger partial charge in [-0.25, -0.2) is 5.10 Å². The first-order valence-electron chi connectivity index (χ1n) is 15.9. The number of fused-ring (bicyclic) bond motifs is 5. The molecular weight excluding hydrogens is 510 g/mol. The molecule has 0 bridgehead atoms. The Kier molecular flexibility index (Phi) is 7.66. The molecule has 8 nitrogen and oxygen atoms in total. The Morgan fingerprint density at radius 2 is 1.80 bits per heavy atom. The van der Waals surface area contributed by atoms with E-state index in [0.717, 1.165) is 43.9 Å². The van der Waals surface area contributed by atoms with Gasteiger partial charge in [0.15, 0.2) is 11.6 Å². The summed E-state index contributed by atoms with van der Waals surface area (Å²) in [5.74, 6) is 2.39. The van der Waals surface area contributed by atoms with Gasteiger partial charge in [-0.2, -0.15) is 0 Å². The number of nitrogens with zero attached hydrogens (tertiary/aromatic N) is 6. The van der Waals surface area contributed by atoms with Crippen molar-refractivity contribution < 1.29 is 4.74 Å². The van der Waals surface area contributed by atoms with Crippen molar-refractivity contribution in [2.75, 3.05) is 44.2 Å². The summed E-state index contributed by atoms with van der Waals surface area (Å²) in [6.45, 7) is 9.47. The van der Waals surface area contributed by atoms with Gasteiger partial charge in [-0.05, 0) is 91.4 Å². The van der Waals surface area contributed by atoms with Gasteiger partial charge in [-0.15, -0.1) is 5.10 Å². The largest absolute Gasteiger partial charge is 0.489 e. The van der Waals surface area contributed by atoms with Crippen LogP contribution in [0, 0.1) is 0 Å². The number of piperidine rings is 1. The molecule has 1 saturated heterocycles. The molecule has 0 amide bonds. The molecule has 8 heteroatoms. The van der Waals surface area contributed by atoms with Gasteiger partial charge < -0.3 is 19.1 Å². The second-order valence-corrected chi connectivity index (χ2v) is 12.2. The van der Waals surface area contributed by atoms with Crippen molar-refractivity contribution in [1.82, 2.24) is 30.1 Å². The van der Waals surface area contributed by atoms with Gasteiger partial charge in [0, 0.05) is 41.7 Å². The molecule has 7 rings (SSSR count). The SMILES string of the molecule is CCCN(CCN1CCCCC1)c1cc(C2CCCCC2)cc2c1OCCn1c-2cc2ccc(-c3nnn[nH]3)cc21. The number of aromatic nitrogens is 5. The maximum absolute atomic E-state index is 6.72. The molecule has 4 aromatic rings. The van der Waals surface area contributed by atoms with Crippen LogP contribution in [0.2, 0.25) is 0 Å². The fraction of sp³-hybridized carbons (Fsp3) is 0.545. The zero-order chi connectivity index (χ0) is 27.6. The van der Waals surface area contributed by atoms with E-state index in [2.05, 4.69) is 78.3 Å². The number of hydrogen-bond acceptors (Lipinski definition) is 6. The molecule has 2 fully saturated rings. The van der Waals surface area contributed by atoms with Crippen molar-refractivity contribution in [2.45, 2.75) is 77.2 Å². The molecular formula is C33H43N7O. The van der Waals surface area contributed by atoms with Crippen molar-refractivity contribution in [3.63, 3.8) is 0 Å². The van der Waals surface area contributed by atoms with Gasteiger partial charge in [-0.1, -0.05) is 44.7 Å². The lowest BCUT2D eigenvalue weighted by Crippen LogP contribution is -2.38.